The maximum absolute atomic E-state index is 12.1. The number of hydrogen-bond acceptors (Lipinski definition) is 5. The number of aryl methyl sites for hydroxylation is 2. The lowest BCUT2D eigenvalue weighted by molar-refractivity contribution is -0.385. The summed E-state index contributed by atoms with van der Waals surface area (Å²) in [5.41, 5.74) is 1.91. The SMILES string of the molecule is CCc1ccc(C(=O)OCC(=O)c2ccc(C)c([N+](=O)[O-])c2)cc1. The smallest absolute Gasteiger partial charge is 0.338 e. The fraction of sp³-hybridized carbons (Fsp3) is 0.222. The Labute approximate surface area is 139 Å². The van der Waals surface area contributed by atoms with E-state index < -0.39 is 23.3 Å². The fourth-order valence-electron chi connectivity index (χ4n) is 2.15. The molecule has 0 bridgehead atoms. The normalized spacial score (nSPS) is 10.2. The van der Waals surface area contributed by atoms with Gasteiger partial charge in [0.1, 0.15) is 0 Å². The Balaban J connectivity index is 2.03. The monoisotopic (exact) mass is 327 g/mol. The molecule has 0 N–H and O–H groups in total. The number of nitrogens with zero attached hydrogens (tertiary/aromatic N) is 1. The van der Waals surface area contributed by atoms with Crippen molar-refractivity contribution in [1.82, 2.24) is 0 Å². The van der Waals surface area contributed by atoms with Gasteiger partial charge < -0.3 is 4.74 Å². The highest BCUT2D eigenvalue weighted by molar-refractivity contribution is 5.99. The third kappa shape index (κ3) is 4.04. The molecule has 2 aromatic carbocycles. The first-order valence-corrected chi connectivity index (χ1v) is 7.46. The van der Waals surface area contributed by atoms with E-state index in [0.717, 1.165) is 12.0 Å². The van der Waals surface area contributed by atoms with Crippen molar-refractivity contribution in [2.24, 2.45) is 0 Å². The Morgan fingerprint density at radius 2 is 1.71 bits per heavy atom. The zero-order valence-electron chi connectivity index (χ0n) is 13.4. The van der Waals surface area contributed by atoms with Crippen LogP contribution in [0.3, 0.4) is 0 Å². The minimum Gasteiger partial charge on any atom is -0.454 e. The summed E-state index contributed by atoms with van der Waals surface area (Å²) in [4.78, 5) is 34.4. The molecule has 0 saturated heterocycles. The first kappa shape index (κ1) is 17.3. The Morgan fingerprint density at radius 1 is 1.08 bits per heavy atom. The van der Waals surface area contributed by atoms with Crippen LogP contribution in [0.2, 0.25) is 0 Å². The quantitative estimate of drug-likeness (QED) is 0.351. The zero-order chi connectivity index (χ0) is 17.7. The molecule has 6 nitrogen and oxygen atoms in total. The summed E-state index contributed by atoms with van der Waals surface area (Å²) in [7, 11) is 0. The molecule has 0 unspecified atom stereocenters. The summed E-state index contributed by atoms with van der Waals surface area (Å²) >= 11 is 0. The highest BCUT2D eigenvalue weighted by atomic mass is 16.6. The van der Waals surface area contributed by atoms with E-state index in [2.05, 4.69) is 0 Å². The van der Waals surface area contributed by atoms with E-state index in [1.54, 1.807) is 19.1 Å². The van der Waals surface area contributed by atoms with Crippen LogP contribution in [-0.4, -0.2) is 23.3 Å². The van der Waals surface area contributed by atoms with Gasteiger partial charge >= 0.3 is 5.97 Å². The summed E-state index contributed by atoms with van der Waals surface area (Å²) in [6, 6.07) is 11.1. The van der Waals surface area contributed by atoms with E-state index in [9.17, 15) is 19.7 Å². The molecule has 0 heterocycles. The Bertz CT molecular complexity index is 780. The molecule has 24 heavy (non-hydrogen) atoms. The molecule has 0 saturated carbocycles. The van der Waals surface area contributed by atoms with E-state index in [1.165, 1.54) is 18.2 Å². The lowest BCUT2D eigenvalue weighted by atomic mass is 10.1. The van der Waals surface area contributed by atoms with Gasteiger partial charge in [-0.1, -0.05) is 31.2 Å². The molecule has 0 radical (unpaired) electrons. The van der Waals surface area contributed by atoms with E-state index >= 15 is 0 Å². The van der Waals surface area contributed by atoms with Gasteiger partial charge in [0.2, 0.25) is 5.78 Å². The topological polar surface area (TPSA) is 86.5 Å². The Hall–Kier alpha value is -3.02. The number of esters is 1. The molecule has 6 heteroatoms. The number of benzene rings is 2. The van der Waals surface area contributed by atoms with Gasteiger partial charge in [-0.25, -0.2) is 4.79 Å². The number of hydrogen-bond donors (Lipinski definition) is 0. The molecule has 0 aliphatic rings. The van der Waals surface area contributed by atoms with Crippen LogP contribution in [-0.2, 0) is 11.2 Å². The van der Waals surface area contributed by atoms with Crippen molar-refractivity contribution >= 4 is 17.4 Å². The van der Waals surface area contributed by atoms with Crippen LogP contribution in [0.5, 0.6) is 0 Å². The standard InChI is InChI=1S/C18H17NO5/c1-3-13-5-8-14(9-6-13)18(21)24-11-17(20)15-7-4-12(2)16(10-15)19(22)23/h4-10H,3,11H2,1-2H3. The van der Waals surface area contributed by atoms with Crippen LogP contribution < -0.4 is 0 Å². The second kappa shape index (κ2) is 7.50. The van der Waals surface area contributed by atoms with Gasteiger partial charge in [-0.05, 0) is 31.0 Å². The van der Waals surface area contributed by atoms with Crippen molar-refractivity contribution < 1.29 is 19.2 Å². The molecular formula is C18H17NO5. The summed E-state index contributed by atoms with van der Waals surface area (Å²) in [6.45, 7) is 3.13. The number of nitro groups is 1. The van der Waals surface area contributed by atoms with E-state index in [4.69, 9.17) is 4.74 Å². The Morgan fingerprint density at radius 3 is 2.29 bits per heavy atom. The number of ketones is 1. The number of carbonyl (C=O) groups excluding carboxylic acids is 2. The second-order valence-electron chi connectivity index (χ2n) is 5.31. The predicted molar refractivity (Wildman–Crippen MR) is 88.3 cm³/mol. The summed E-state index contributed by atoms with van der Waals surface area (Å²) in [5, 5.41) is 10.9. The van der Waals surface area contributed by atoms with E-state index in [1.807, 2.05) is 19.1 Å². The maximum Gasteiger partial charge on any atom is 0.338 e. The van der Waals surface area contributed by atoms with Crippen molar-refractivity contribution in [3.05, 3.63) is 74.8 Å². The van der Waals surface area contributed by atoms with Crippen LogP contribution in [0.4, 0.5) is 5.69 Å². The van der Waals surface area contributed by atoms with Crippen LogP contribution in [0.15, 0.2) is 42.5 Å². The number of Topliss-reactive ketones (excluding diaryl/α,β-unsaturated/α-hetero) is 1. The van der Waals surface area contributed by atoms with Gasteiger partial charge in [0.15, 0.2) is 6.61 Å². The number of nitro benzene ring substituents is 1. The van der Waals surface area contributed by atoms with Gasteiger partial charge in [0.25, 0.3) is 5.69 Å². The molecule has 0 aliphatic carbocycles. The summed E-state index contributed by atoms with van der Waals surface area (Å²) in [6.07, 6.45) is 0.861. The molecule has 0 aromatic heterocycles. The van der Waals surface area contributed by atoms with E-state index in [0.29, 0.717) is 11.1 Å². The van der Waals surface area contributed by atoms with Crippen LogP contribution >= 0.6 is 0 Å². The van der Waals surface area contributed by atoms with Gasteiger partial charge in [0, 0.05) is 17.2 Å². The van der Waals surface area contributed by atoms with Crippen LogP contribution in [0.1, 0.15) is 38.8 Å². The van der Waals surface area contributed by atoms with Gasteiger partial charge in [-0.2, -0.15) is 0 Å². The van der Waals surface area contributed by atoms with E-state index in [-0.39, 0.29) is 11.3 Å². The average molecular weight is 327 g/mol. The average Bonchev–Trinajstić information content (AvgIpc) is 2.59. The van der Waals surface area contributed by atoms with Crippen molar-refractivity contribution in [3.8, 4) is 0 Å². The third-order valence-electron chi connectivity index (χ3n) is 3.66. The molecular weight excluding hydrogens is 310 g/mol. The maximum atomic E-state index is 12.1. The minimum atomic E-state index is -0.604. The predicted octanol–water partition coefficient (Wildman–Crippen LogP) is 3.51. The zero-order valence-corrected chi connectivity index (χ0v) is 13.4. The van der Waals surface area contributed by atoms with Gasteiger partial charge in [0.05, 0.1) is 10.5 Å². The number of carbonyl (C=O) groups is 2. The summed E-state index contributed by atoms with van der Waals surface area (Å²) < 4.78 is 4.99. The molecule has 2 rings (SSSR count). The minimum absolute atomic E-state index is 0.137. The summed E-state index contributed by atoms with van der Waals surface area (Å²) in [5.74, 6) is -1.09. The molecule has 0 fully saturated rings. The highest BCUT2D eigenvalue weighted by Gasteiger charge is 2.16. The molecule has 2 aromatic rings. The first-order chi connectivity index (χ1) is 11.4. The number of rotatable bonds is 6. The second-order valence-corrected chi connectivity index (χ2v) is 5.31. The van der Waals surface area contributed by atoms with Crippen molar-refractivity contribution in [1.29, 1.82) is 0 Å². The van der Waals surface area contributed by atoms with Gasteiger partial charge in [-0.15, -0.1) is 0 Å². The lowest BCUT2D eigenvalue weighted by Gasteiger charge is -2.06. The van der Waals surface area contributed by atoms with Crippen LogP contribution in [0.25, 0.3) is 0 Å². The molecule has 0 aliphatic heterocycles. The van der Waals surface area contributed by atoms with Crippen molar-refractivity contribution in [3.63, 3.8) is 0 Å². The highest BCUT2D eigenvalue weighted by Crippen LogP contribution is 2.19. The molecule has 0 spiro atoms. The lowest BCUT2D eigenvalue weighted by Crippen LogP contribution is -2.14. The molecule has 0 amide bonds. The Kier molecular flexibility index (Phi) is 5.42. The van der Waals surface area contributed by atoms with Gasteiger partial charge in [-0.3, -0.25) is 14.9 Å². The fourth-order valence-corrected chi connectivity index (χ4v) is 2.15. The van der Waals surface area contributed by atoms with Crippen molar-refractivity contribution in [2.75, 3.05) is 6.61 Å². The first-order valence-electron chi connectivity index (χ1n) is 7.46. The van der Waals surface area contributed by atoms with Crippen LogP contribution in [0, 0.1) is 17.0 Å². The largest absolute Gasteiger partial charge is 0.454 e. The van der Waals surface area contributed by atoms with Crippen molar-refractivity contribution in [2.45, 2.75) is 20.3 Å². The molecule has 0 atom stereocenters. The third-order valence-corrected chi connectivity index (χ3v) is 3.66. The number of ether oxygens (including phenoxy) is 1. The molecule has 124 valence electrons.